The highest BCUT2D eigenvalue weighted by Crippen LogP contribution is 2.30. The van der Waals surface area contributed by atoms with Gasteiger partial charge in [0.25, 0.3) is 0 Å². The molecule has 3 aromatic rings. The molecule has 0 amide bonds. The van der Waals surface area contributed by atoms with Gasteiger partial charge >= 0.3 is 11.9 Å². The molecule has 1 aromatic heterocycles. The predicted molar refractivity (Wildman–Crippen MR) is 86.6 cm³/mol. The van der Waals surface area contributed by atoms with Gasteiger partial charge in [0, 0.05) is 5.69 Å². The number of alkyl halides is 3. The highest BCUT2D eigenvalue weighted by molar-refractivity contribution is 7.10. The summed E-state index contributed by atoms with van der Waals surface area (Å²) in [5.41, 5.74) is -0.711. The van der Waals surface area contributed by atoms with Gasteiger partial charge in [-0.3, -0.25) is 0 Å². The maximum atomic E-state index is 13.2. The van der Waals surface area contributed by atoms with Crippen molar-refractivity contribution >= 4 is 22.4 Å². The van der Waals surface area contributed by atoms with Crippen LogP contribution in [0.4, 0.5) is 32.8 Å². The summed E-state index contributed by atoms with van der Waals surface area (Å²) in [4.78, 5) is 15.6. The van der Waals surface area contributed by atoms with Crippen LogP contribution in [0.2, 0.25) is 0 Å². The third-order valence-corrected chi connectivity index (χ3v) is 4.25. The van der Waals surface area contributed by atoms with Gasteiger partial charge in [-0.25, -0.2) is 17.5 Å². The van der Waals surface area contributed by atoms with Crippen LogP contribution in [0.15, 0.2) is 47.3 Å². The standard InChI is InChI=1S/C16H10F5N3OS/c17-12-6-1-9(7-13(12)18)8-24-15(25)23-14(26-24)22-11-4-2-10(3-5-11)16(19,20)21/h1-7H,8H2,(H,22,23,25). The Kier molecular flexibility index (Phi) is 4.77. The van der Waals surface area contributed by atoms with E-state index in [-0.39, 0.29) is 11.7 Å². The van der Waals surface area contributed by atoms with E-state index in [0.717, 1.165) is 35.8 Å². The molecule has 0 aliphatic heterocycles. The Balaban J connectivity index is 1.75. The third-order valence-electron chi connectivity index (χ3n) is 3.38. The van der Waals surface area contributed by atoms with Crippen LogP contribution in [-0.4, -0.2) is 8.94 Å². The van der Waals surface area contributed by atoms with Gasteiger partial charge in [0.05, 0.1) is 12.1 Å². The molecule has 0 radical (unpaired) electrons. The molecule has 10 heteroatoms. The first-order valence-electron chi connectivity index (χ1n) is 7.19. The number of hydrogen-bond donors (Lipinski definition) is 1. The lowest BCUT2D eigenvalue weighted by Gasteiger charge is -2.07. The molecule has 1 heterocycles. The number of nitrogens with zero attached hydrogens (tertiary/aromatic N) is 2. The summed E-state index contributed by atoms with van der Waals surface area (Å²) in [6.07, 6.45) is -4.44. The Morgan fingerprint density at radius 1 is 1.04 bits per heavy atom. The first kappa shape index (κ1) is 18.1. The van der Waals surface area contributed by atoms with Crippen LogP contribution in [-0.2, 0) is 12.7 Å². The topological polar surface area (TPSA) is 46.9 Å². The number of hydrogen-bond acceptors (Lipinski definition) is 4. The monoisotopic (exact) mass is 387 g/mol. The molecule has 0 unspecified atom stereocenters. The molecule has 0 aliphatic rings. The summed E-state index contributed by atoms with van der Waals surface area (Å²) < 4.78 is 65.0. The molecule has 2 aromatic carbocycles. The summed E-state index contributed by atoms with van der Waals surface area (Å²) >= 11 is 0.912. The van der Waals surface area contributed by atoms with Crippen LogP contribution in [0.1, 0.15) is 11.1 Å². The van der Waals surface area contributed by atoms with E-state index in [1.165, 1.54) is 22.2 Å². The van der Waals surface area contributed by atoms with E-state index in [4.69, 9.17) is 0 Å². The van der Waals surface area contributed by atoms with E-state index in [9.17, 15) is 26.7 Å². The summed E-state index contributed by atoms with van der Waals surface area (Å²) in [6.45, 7) is -0.0115. The summed E-state index contributed by atoms with van der Waals surface area (Å²) in [6, 6.07) is 7.52. The van der Waals surface area contributed by atoms with Crippen LogP contribution in [0.3, 0.4) is 0 Å². The maximum Gasteiger partial charge on any atom is 0.416 e. The molecular weight excluding hydrogens is 377 g/mol. The second-order valence-corrected chi connectivity index (χ2v) is 6.29. The average molecular weight is 387 g/mol. The normalized spacial score (nSPS) is 11.6. The second kappa shape index (κ2) is 6.87. The molecule has 4 nitrogen and oxygen atoms in total. The predicted octanol–water partition coefficient (Wildman–Crippen LogP) is 4.39. The maximum absolute atomic E-state index is 13.2. The fraction of sp³-hybridized carbons (Fsp3) is 0.125. The van der Waals surface area contributed by atoms with Crippen molar-refractivity contribution in [2.24, 2.45) is 0 Å². The van der Waals surface area contributed by atoms with Crippen molar-refractivity contribution in [1.29, 1.82) is 0 Å². The minimum Gasteiger partial charge on any atom is -0.330 e. The summed E-state index contributed by atoms with van der Waals surface area (Å²) in [5, 5.41) is 2.90. The molecular formula is C16H10F5N3OS. The first-order valence-corrected chi connectivity index (χ1v) is 7.96. The van der Waals surface area contributed by atoms with E-state index in [2.05, 4.69) is 10.3 Å². The van der Waals surface area contributed by atoms with Gasteiger partial charge in [-0.2, -0.15) is 18.2 Å². The van der Waals surface area contributed by atoms with Gasteiger partial charge in [0.2, 0.25) is 5.13 Å². The van der Waals surface area contributed by atoms with Gasteiger partial charge in [-0.15, -0.1) is 0 Å². The molecule has 0 atom stereocenters. The molecule has 0 spiro atoms. The number of rotatable bonds is 4. The van der Waals surface area contributed by atoms with Crippen molar-refractivity contribution in [2.75, 3.05) is 5.32 Å². The molecule has 3 rings (SSSR count). The van der Waals surface area contributed by atoms with E-state index in [0.29, 0.717) is 11.3 Å². The lowest BCUT2D eigenvalue weighted by Crippen LogP contribution is -2.15. The van der Waals surface area contributed by atoms with Gasteiger partial charge in [-0.05, 0) is 53.5 Å². The second-order valence-electron chi connectivity index (χ2n) is 5.28. The fourth-order valence-corrected chi connectivity index (χ4v) is 2.95. The number of nitrogens with one attached hydrogen (secondary N) is 1. The van der Waals surface area contributed by atoms with Crippen molar-refractivity contribution in [3.8, 4) is 0 Å². The Morgan fingerprint density at radius 3 is 2.35 bits per heavy atom. The number of anilines is 2. The van der Waals surface area contributed by atoms with Crippen LogP contribution >= 0.6 is 11.5 Å². The minimum atomic E-state index is -4.44. The zero-order valence-corrected chi connectivity index (χ0v) is 13.7. The van der Waals surface area contributed by atoms with Gasteiger partial charge in [0.1, 0.15) is 0 Å². The fourth-order valence-electron chi connectivity index (χ4n) is 2.13. The molecule has 0 saturated carbocycles. The highest BCUT2D eigenvalue weighted by Gasteiger charge is 2.29. The van der Waals surface area contributed by atoms with Crippen molar-refractivity contribution < 1.29 is 22.0 Å². The number of aromatic nitrogens is 2. The molecule has 136 valence electrons. The highest BCUT2D eigenvalue weighted by atomic mass is 32.1. The smallest absolute Gasteiger partial charge is 0.330 e. The Morgan fingerprint density at radius 2 is 1.73 bits per heavy atom. The summed E-state index contributed by atoms with van der Waals surface area (Å²) in [7, 11) is 0. The van der Waals surface area contributed by atoms with Crippen LogP contribution in [0, 0.1) is 11.6 Å². The molecule has 1 N–H and O–H groups in total. The van der Waals surface area contributed by atoms with Gasteiger partial charge in [0.15, 0.2) is 11.6 Å². The minimum absolute atomic E-state index is 0.0115. The molecule has 26 heavy (non-hydrogen) atoms. The Bertz CT molecular complexity index is 979. The van der Waals surface area contributed by atoms with Gasteiger partial charge < -0.3 is 5.32 Å². The van der Waals surface area contributed by atoms with Crippen molar-refractivity contribution in [3.05, 3.63) is 75.7 Å². The quantitative estimate of drug-likeness (QED) is 0.676. The van der Waals surface area contributed by atoms with Crippen LogP contribution in [0.25, 0.3) is 0 Å². The van der Waals surface area contributed by atoms with Crippen molar-refractivity contribution in [2.45, 2.75) is 12.7 Å². The van der Waals surface area contributed by atoms with E-state index < -0.39 is 29.1 Å². The first-order chi connectivity index (χ1) is 12.2. The van der Waals surface area contributed by atoms with E-state index in [1.54, 1.807) is 0 Å². The average Bonchev–Trinajstić information content (AvgIpc) is 2.90. The third kappa shape index (κ3) is 4.07. The largest absolute Gasteiger partial charge is 0.416 e. The molecule has 0 bridgehead atoms. The van der Waals surface area contributed by atoms with E-state index in [1.807, 2.05) is 0 Å². The van der Waals surface area contributed by atoms with Crippen molar-refractivity contribution in [3.63, 3.8) is 0 Å². The van der Waals surface area contributed by atoms with Crippen molar-refractivity contribution in [1.82, 2.24) is 8.94 Å². The van der Waals surface area contributed by atoms with Crippen LogP contribution in [0.5, 0.6) is 0 Å². The SMILES string of the molecule is O=c1nc(Nc2ccc(C(F)(F)F)cc2)sn1Cc1ccc(F)c(F)c1. The summed E-state index contributed by atoms with van der Waals surface area (Å²) in [5.74, 6) is -2.02. The Labute approximate surface area is 147 Å². The molecule has 0 aliphatic carbocycles. The zero-order chi connectivity index (χ0) is 18.9. The Hall–Kier alpha value is -2.75. The van der Waals surface area contributed by atoms with E-state index >= 15 is 0 Å². The number of benzene rings is 2. The van der Waals surface area contributed by atoms with Crippen LogP contribution < -0.4 is 11.0 Å². The molecule has 0 saturated heterocycles. The van der Waals surface area contributed by atoms with Gasteiger partial charge in [-0.1, -0.05) is 6.07 Å². The lowest BCUT2D eigenvalue weighted by molar-refractivity contribution is -0.137. The lowest BCUT2D eigenvalue weighted by atomic mass is 10.2. The number of halogens is 5. The molecule has 0 fully saturated rings. The zero-order valence-electron chi connectivity index (χ0n) is 12.8.